The molecule has 2 rings (SSSR count). The summed E-state index contributed by atoms with van der Waals surface area (Å²) in [4.78, 5) is 25.9. The van der Waals surface area contributed by atoms with Gasteiger partial charge in [-0.05, 0) is 19.4 Å². The van der Waals surface area contributed by atoms with E-state index < -0.39 is 0 Å². The second-order valence-electron chi connectivity index (χ2n) is 6.18. The molecule has 0 unspecified atom stereocenters. The van der Waals surface area contributed by atoms with Crippen LogP contribution in [0.1, 0.15) is 32.9 Å². The van der Waals surface area contributed by atoms with Gasteiger partial charge in [0.1, 0.15) is 5.01 Å². The Labute approximate surface area is 168 Å². The Balaban J connectivity index is 1.91. The van der Waals surface area contributed by atoms with Crippen molar-refractivity contribution in [2.24, 2.45) is 0 Å². The standard InChI is InChI=1S/C19H26N4O4S/c1-4-27-17(24)13-23(9-10-26-3)12-16-21-22-19(28-16)18(25)20-11-15-7-5-14(2)6-8-15/h5-8H,4,9-13H2,1-3H3,(H,20,25). The van der Waals surface area contributed by atoms with E-state index in [1.54, 1.807) is 14.0 Å². The van der Waals surface area contributed by atoms with E-state index in [1.807, 2.05) is 36.1 Å². The summed E-state index contributed by atoms with van der Waals surface area (Å²) in [6.07, 6.45) is 0. The molecule has 1 heterocycles. The average Bonchev–Trinajstić information content (AvgIpc) is 3.14. The van der Waals surface area contributed by atoms with Crippen molar-refractivity contribution in [1.29, 1.82) is 0 Å². The van der Waals surface area contributed by atoms with Crippen LogP contribution >= 0.6 is 11.3 Å². The van der Waals surface area contributed by atoms with Gasteiger partial charge < -0.3 is 14.8 Å². The molecule has 0 aliphatic carbocycles. The van der Waals surface area contributed by atoms with Crippen molar-refractivity contribution >= 4 is 23.2 Å². The van der Waals surface area contributed by atoms with Gasteiger partial charge in [-0.3, -0.25) is 14.5 Å². The highest BCUT2D eigenvalue weighted by atomic mass is 32.1. The van der Waals surface area contributed by atoms with Crippen LogP contribution in [0.4, 0.5) is 0 Å². The number of nitrogens with one attached hydrogen (secondary N) is 1. The lowest BCUT2D eigenvalue weighted by atomic mass is 10.1. The molecule has 1 amide bonds. The third-order valence-corrected chi connectivity index (χ3v) is 4.77. The monoisotopic (exact) mass is 406 g/mol. The van der Waals surface area contributed by atoms with Gasteiger partial charge in [-0.1, -0.05) is 41.2 Å². The van der Waals surface area contributed by atoms with E-state index in [0.717, 1.165) is 5.56 Å². The number of hydrogen-bond donors (Lipinski definition) is 1. The molecule has 0 bridgehead atoms. The van der Waals surface area contributed by atoms with Crippen molar-refractivity contribution in [3.05, 3.63) is 45.4 Å². The molecule has 0 saturated carbocycles. The highest BCUT2D eigenvalue weighted by Crippen LogP contribution is 2.13. The van der Waals surface area contributed by atoms with E-state index in [4.69, 9.17) is 9.47 Å². The Morgan fingerprint density at radius 2 is 1.96 bits per heavy atom. The van der Waals surface area contributed by atoms with Gasteiger partial charge in [-0.25, -0.2) is 0 Å². The lowest BCUT2D eigenvalue weighted by Gasteiger charge is -2.19. The van der Waals surface area contributed by atoms with Gasteiger partial charge in [0.25, 0.3) is 5.91 Å². The Morgan fingerprint density at radius 3 is 2.64 bits per heavy atom. The molecule has 8 nitrogen and oxygen atoms in total. The molecular weight excluding hydrogens is 380 g/mol. The molecule has 28 heavy (non-hydrogen) atoms. The Morgan fingerprint density at radius 1 is 1.21 bits per heavy atom. The van der Waals surface area contributed by atoms with Crippen LogP contribution in [0.15, 0.2) is 24.3 Å². The molecule has 0 atom stereocenters. The molecule has 0 saturated heterocycles. The first-order valence-corrected chi connectivity index (χ1v) is 9.86. The first kappa shape index (κ1) is 21.9. The highest BCUT2D eigenvalue weighted by Gasteiger charge is 2.17. The molecule has 0 spiro atoms. The summed E-state index contributed by atoms with van der Waals surface area (Å²) in [6, 6.07) is 7.96. The van der Waals surface area contributed by atoms with E-state index in [9.17, 15) is 9.59 Å². The third-order valence-electron chi connectivity index (χ3n) is 3.86. The first-order chi connectivity index (χ1) is 13.5. The number of aryl methyl sites for hydroxylation is 1. The van der Waals surface area contributed by atoms with Crippen LogP contribution in [0.3, 0.4) is 0 Å². The Kier molecular flexibility index (Phi) is 8.99. The fourth-order valence-corrected chi connectivity index (χ4v) is 3.19. The maximum Gasteiger partial charge on any atom is 0.320 e. The minimum absolute atomic E-state index is 0.131. The lowest BCUT2D eigenvalue weighted by Crippen LogP contribution is -2.33. The van der Waals surface area contributed by atoms with Crippen molar-refractivity contribution in [1.82, 2.24) is 20.4 Å². The maximum atomic E-state index is 12.3. The van der Waals surface area contributed by atoms with Gasteiger partial charge in [0.2, 0.25) is 5.01 Å². The number of benzene rings is 1. The molecule has 152 valence electrons. The van der Waals surface area contributed by atoms with Gasteiger partial charge in [-0.15, -0.1) is 10.2 Å². The highest BCUT2D eigenvalue weighted by molar-refractivity contribution is 7.13. The van der Waals surface area contributed by atoms with Crippen molar-refractivity contribution < 1.29 is 19.1 Å². The topological polar surface area (TPSA) is 93.7 Å². The zero-order chi connectivity index (χ0) is 20.4. The normalized spacial score (nSPS) is 10.9. The van der Waals surface area contributed by atoms with E-state index >= 15 is 0 Å². The number of amides is 1. The second-order valence-corrected chi connectivity index (χ2v) is 7.24. The van der Waals surface area contributed by atoms with Crippen LogP contribution < -0.4 is 5.32 Å². The molecule has 1 N–H and O–H groups in total. The first-order valence-electron chi connectivity index (χ1n) is 9.04. The molecule has 9 heteroatoms. The summed E-state index contributed by atoms with van der Waals surface area (Å²) in [5.41, 5.74) is 2.19. The van der Waals surface area contributed by atoms with Crippen LogP contribution in [0.5, 0.6) is 0 Å². The van der Waals surface area contributed by atoms with Crippen LogP contribution in [0, 0.1) is 6.92 Å². The number of aromatic nitrogens is 2. The average molecular weight is 407 g/mol. The van der Waals surface area contributed by atoms with E-state index in [0.29, 0.717) is 42.9 Å². The van der Waals surface area contributed by atoms with E-state index in [-0.39, 0.29) is 18.4 Å². The number of carbonyl (C=O) groups excluding carboxylic acids is 2. The maximum absolute atomic E-state index is 12.3. The van der Waals surface area contributed by atoms with Crippen LogP contribution in [0.2, 0.25) is 0 Å². The number of ether oxygens (including phenoxy) is 2. The fourth-order valence-electron chi connectivity index (χ4n) is 2.39. The smallest absolute Gasteiger partial charge is 0.320 e. The van der Waals surface area contributed by atoms with Gasteiger partial charge in [0.05, 0.1) is 26.3 Å². The van der Waals surface area contributed by atoms with Crippen LogP contribution in [-0.2, 0) is 27.4 Å². The summed E-state index contributed by atoms with van der Waals surface area (Å²) in [6.45, 7) is 6.09. The number of esters is 1. The van der Waals surface area contributed by atoms with Crippen molar-refractivity contribution in [3.63, 3.8) is 0 Å². The summed E-state index contributed by atoms with van der Waals surface area (Å²) in [5.74, 6) is -0.572. The summed E-state index contributed by atoms with van der Waals surface area (Å²) in [5, 5.41) is 11.8. The molecule has 0 fully saturated rings. The molecular formula is C19H26N4O4S. The number of hydrogen-bond acceptors (Lipinski definition) is 8. The van der Waals surface area contributed by atoms with E-state index in [1.165, 1.54) is 16.9 Å². The number of rotatable bonds is 11. The molecule has 1 aromatic carbocycles. The second kappa shape index (κ2) is 11.5. The summed E-state index contributed by atoms with van der Waals surface area (Å²) in [7, 11) is 1.60. The zero-order valence-electron chi connectivity index (χ0n) is 16.4. The van der Waals surface area contributed by atoms with Crippen molar-refractivity contribution in [2.45, 2.75) is 26.9 Å². The van der Waals surface area contributed by atoms with Gasteiger partial charge in [-0.2, -0.15) is 0 Å². The minimum atomic E-state index is -0.306. The fraction of sp³-hybridized carbons (Fsp3) is 0.474. The van der Waals surface area contributed by atoms with Gasteiger partial charge in [0, 0.05) is 20.2 Å². The number of nitrogens with zero attached hydrogens (tertiary/aromatic N) is 3. The van der Waals surface area contributed by atoms with Gasteiger partial charge >= 0.3 is 5.97 Å². The SMILES string of the molecule is CCOC(=O)CN(CCOC)Cc1nnc(C(=O)NCc2ccc(C)cc2)s1. The minimum Gasteiger partial charge on any atom is -0.465 e. The van der Waals surface area contributed by atoms with Crippen molar-refractivity contribution in [2.75, 3.05) is 33.4 Å². The van der Waals surface area contributed by atoms with Crippen LogP contribution in [-0.4, -0.2) is 60.4 Å². The van der Waals surface area contributed by atoms with Gasteiger partial charge in [0.15, 0.2) is 0 Å². The Hall–Kier alpha value is -2.36. The predicted molar refractivity (Wildman–Crippen MR) is 106 cm³/mol. The molecule has 0 aliphatic heterocycles. The summed E-state index contributed by atoms with van der Waals surface area (Å²) >= 11 is 1.21. The lowest BCUT2D eigenvalue weighted by molar-refractivity contribution is -0.144. The van der Waals surface area contributed by atoms with Crippen LogP contribution in [0.25, 0.3) is 0 Å². The number of carbonyl (C=O) groups is 2. The number of methoxy groups -OCH3 is 1. The molecule has 0 aliphatic rings. The molecule has 2 aromatic rings. The summed E-state index contributed by atoms with van der Waals surface area (Å²) < 4.78 is 10.1. The third kappa shape index (κ3) is 7.34. The van der Waals surface area contributed by atoms with Crippen molar-refractivity contribution in [3.8, 4) is 0 Å². The predicted octanol–water partition coefficient (Wildman–Crippen LogP) is 1.79. The Bertz CT molecular complexity index is 764. The molecule has 0 radical (unpaired) electrons. The largest absolute Gasteiger partial charge is 0.465 e. The molecule has 1 aromatic heterocycles. The van der Waals surface area contributed by atoms with E-state index in [2.05, 4.69) is 15.5 Å². The quantitative estimate of drug-likeness (QED) is 0.569. The zero-order valence-corrected chi connectivity index (χ0v) is 17.3.